The fraction of sp³-hybridized carbons (Fsp3) is 0.742. The highest BCUT2D eigenvalue weighted by Crippen LogP contribution is 2.70. The molecule has 8 atom stereocenters. The first-order valence-corrected chi connectivity index (χ1v) is 13.8. The van der Waals surface area contributed by atoms with E-state index in [1.54, 1.807) is 11.1 Å². The smallest absolute Gasteiger partial charge is 0.0588 e. The number of hydrogen-bond acceptors (Lipinski definition) is 2. The number of hydrogen-bond donors (Lipinski definition) is 2. The lowest BCUT2D eigenvalue weighted by Gasteiger charge is -2.61. The summed E-state index contributed by atoms with van der Waals surface area (Å²) < 4.78 is 0. The molecule has 33 heavy (non-hydrogen) atoms. The molecule has 0 unspecified atom stereocenters. The van der Waals surface area contributed by atoms with Gasteiger partial charge in [0.2, 0.25) is 0 Å². The van der Waals surface area contributed by atoms with Crippen LogP contribution in [0, 0.1) is 34.5 Å². The molecule has 4 aliphatic carbocycles. The van der Waals surface area contributed by atoms with Crippen LogP contribution in [0.25, 0.3) is 0 Å². The summed E-state index contributed by atoms with van der Waals surface area (Å²) in [6.45, 7) is 14.3. The normalized spacial score (nSPS) is 50.2. The van der Waals surface area contributed by atoms with Gasteiger partial charge in [-0.25, -0.2) is 0 Å². The highest BCUT2D eigenvalue weighted by atomic mass is 16.3. The van der Waals surface area contributed by atoms with Gasteiger partial charge in [-0.05, 0) is 120 Å². The molecular formula is C31H45NO. The van der Waals surface area contributed by atoms with Gasteiger partial charge in [0.15, 0.2) is 0 Å². The van der Waals surface area contributed by atoms with Crippen molar-refractivity contribution in [3.05, 3.63) is 47.1 Å². The molecule has 0 amide bonds. The van der Waals surface area contributed by atoms with Gasteiger partial charge in [0.25, 0.3) is 0 Å². The lowest BCUT2D eigenvalue weighted by Crippen LogP contribution is -2.71. The van der Waals surface area contributed by atoms with Crippen LogP contribution in [0.2, 0.25) is 0 Å². The van der Waals surface area contributed by atoms with Crippen LogP contribution < -0.4 is 5.32 Å². The fourth-order valence-corrected chi connectivity index (χ4v) is 10.2. The second-order valence-corrected chi connectivity index (χ2v) is 13.4. The molecule has 6 rings (SSSR count). The Labute approximate surface area is 201 Å². The molecule has 3 saturated carbocycles. The van der Waals surface area contributed by atoms with Gasteiger partial charge in [-0.3, -0.25) is 5.32 Å². The van der Waals surface area contributed by atoms with Crippen molar-refractivity contribution in [2.24, 2.45) is 34.5 Å². The van der Waals surface area contributed by atoms with Gasteiger partial charge < -0.3 is 5.11 Å². The Morgan fingerprint density at radius 3 is 2.70 bits per heavy atom. The van der Waals surface area contributed by atoms with Crippen LogP contribution in [0.5, 0.6) is 0 Å². The zero-order chi connectivity index (χ0) is 23.2. The van der Waals surface area contributed by atoms with Crippen LogP contribution in [-0.2, 0) is 0 Å². The maximum atomic E-state index is 9.86. The summed E-state index contributed by atoms with van der Waals surface area (Å²) in [6, 6.07) is 0. The summed E-state index contributed by atoms with van der Waals surface area (Å²) in [5, 5.41) is 14.3. The van der Waals surface area contributed by atoms with Gasteiger partial charge in [-0.15, -0.1) is 0 Å². The minimum atomic E-state index is 0.0265. The van der Waals surface area contributed by atoms with Crippen molar-refractivity contribution in [3.8, 4) is 0 Å². The van der Waals surface area contributed by atoms with Gasteiger partial charge in [0.05, 0.1) is 5.54 Å². The predicted octanol–water partition coefficient (Wildman–Crippen LogP) is 6.88. The van der Waals surface area contributed by atoms with E-state index in [1.807, 2.05) is 0 Å². The van der Waals surface area contributed by atoms with Gasteiger partial charge in [0, 0.05) is 17.6 Å². The van der Waals surface area contributed by atoms with E-state index in [9.17, 15) is 5.11 Å². The maximum Gasteiger partial charge on any atom is 0.0588 e. The van der Waals surface area contributed by atoms with E-state index in [0.717, 1.165) is 18.3 Å². The quantitative estimate of drug-likeness (QED) is 0.460. The number of nitrogens with one attached hydrogen (secondary N) is 1. The molecule has 180 valence electrons. The molecule has 2 nitrogen and oxygen atoms in total. The molecule has 1 saturated heterocycles. The van der Waals surface area contributed by atoms with Crippen molar-refractivity contribution >= 4 is 0 Å². The summed E-state index contributed by atoms with van der Waals surface area (Å²) in [6.07, 6.45) is 20.5. The molecule has 0 aromatic heterocycles. The standard InChI is InChI=1S/C31H45NO/c1-20(2)22-8-11-28(4)19-26(16-21(3)27(28)17-22)30-12-9-24-18-25-7-6-23(10-15-33)31(25,14-13-30)29(24,5)32-30/h13-14,16,22-25,32-33H,1,6-12,15,17-19H2,2-5H3/t22-,23-,24-,25-,28+,29-,30+,31-/m1/s1. The van der Waals surface area contributed by atoms with E-state index in [1.165, 1.54) is 68.9 Å². The van der Waals surface area contributed by atoms with Crippen LogP contribution in [0.1, 0.15) is 91.9 Å². The van der Waals surface area contributed by atoms with Crippen LogP contribution in [-0.4, -0.2) is 22.8 Å². The Balaban J connectivity index is 1.41. The topological polar surface area (TPSA) is 32.3 Å². The van der Waals surface area contributed by atoms with Crippen molar-refractivity contribution in [2.75, 3.05) is 6.61 Å². The number of aliphatic hydroxyl groups excluding tert-OH is 1. The van der Waals surface area contributed by atoms with Crippen LogP contribution in [0.3, 0.4) is 0 Å². The monoisotopic (exact) mass is 447 g/mol. The largest absolute Gasteiger partial charge is 0.396 e. The number of rotatable bonds is 4. The van der Waals surface area contributed by atoms with Gasteiger partial charge in [-0.2, -0.15) is 0 Å². The van der Waals surface area contributed by atoms with E-state index >= 15 is 0 Å². The molecule has 2 heteroatoms. The summed E-state index contributed by atoms with van der Waals surface area (Å²) >= 11 is 0. The third-order valence-electron chi connectivity index (χ3n) is 11.9. The summed E-state index contributed by atoms with van der Waals surface area (Å²) in [5.74, 6) is 2.87. The van der Waals surface area contributed by atoms with Crippen molar-refractivity contribution in [2.45, 2.75) is 103 Å². The molecule has 0 aromatic carbocycles. The zero-order valence-electron chi connectivity index (χ0n) is 21.5. The van der Waals surface area contributed by atoms with E-state index in [4.69, 9.17) is 0 Å². The van der Waals surface area contributed by atoms with E-state index < -0.39 is 0 Å². The zero-order valence-corrected chi connectivity index (χ0v) is 21.5. The molecule has 1 spiro atoms. The van der Waals surface area contributed by atoms with Gasteiger partial charge in [-0.1, -0.05) is 48.5 Å². The summed E-state index contributed by atoms with van der Waals surface area (Å²) in [7, 11) is 0. The molecule has 6 aliphatic rings. The van der Waals surface area contributed by atoms with E-state index in [2.05, 4.69) is 57.8 Å². The number of aliphatic hydroxyl groups is 1. The Kier molecular flexibility index (Phi) is 4.88. The second-order valence-electron chi connectivity index (χ2n) is 13.4. The van der Waals surface area contributed by atoms with E-state index in [0.29, 0.717) is 23.9 Å². The third-order valence-corrected chi connectivity index (χ3v) is 11.9. The molecule has 2 bridgehead atoms. The SMILES string of the molecule is C=C(C)[C@@H]1CC[C@@]2(C)CC([C@@]34C=C[C@@]56[C@@H](CCO)CC[C@@H]5C[C@@H](CC3)[C@@]6(C)N4)=CC(C)=C2C1. The Bertz CT molecular complexity index is 969. The average Bonchev–Trinajstić information content (AvgIpc) is 3.26. The Morgan fingerprint density at radius 1 is 1.12 bits per heavy atom. The minimum Gasteiger partial charge on any atom is -0.396 e. The van der Waals surface area contributed by atoms with E-state index in [-0.39, 0.29) is 16.5 Å². The van der Waals surface area contributed by atoms with Crippen molar-refractivity contribution in [1.82, 2.24) is 5.32 Å². The Hall–Kier alpha value is -1.12. The molecule has 0 aromatic rings. The average molecular weight is 448 g/mol. The number of fused-ring (bicyclic) bond motifs is 2. The molecular weight excluding hydrogens is 402 g/mol. The minimum absolute atomic E-state index is 0.0265. The summed E-state index contributed by atoms with van der Waals surface area (Å²) in [4.78, 5) is 0. The lowest BCUT2D eigenvalue weighted by molar-refractivity contribution is 0.0121. The second kappa shape index (κ2) is 7.20. The highest BCUT2D eigenvalue weighted by molar-refractivity contribution is 5.49. The van der Waals surface area contributed by atoms with Crippen molar-refractivity contribution in [1.29, 1.82) is 0 Å². The number of allylic oxidation sites excluding steroid dienone is 4. The summed E-state index contributed by atoms with van der Waals surface area (Å²) in [5.41, 5.74) is 7.00. The Morgan fingerprint density at radius 2 is 1.94 bits per heavy atom. The predicted molar refractivity (Wildman–Crippen MR) is 137 cm³/mol. The molecule has 0 radical (unpaired) electrons. The van der Waals surface area contributed by atoms with Gasteiger partial charge in [0.1, 0.15) is 0 Å². The molecule has 2 heterocycles. The van der Waals surface area contributed by atoms with Gasteiger partial charge >= 0.3 is 0 Å². The molecule has 2 N–H and O–H groups in total. The number of piperidine rings is 1. The van der Waals surface area contributed by atoms with Crippen LogP contribution >= 0.6 is 0 Å². The first-order valence-electron chi connectivity index (χ1n) is 13.8. The maximum absolute atomic E-state index is 9.86. The highest BCUT2D eigenvalue weighted by Gasteiger charge is 2.70. The van der Waals surface area contributed by atoms with Crippen LogP contribution in [0.15, 0.2) is 47.1 Å². The molecule has 2 aliphatic heterocycles. The first-order chi connectivity index (χ1) is 15.7. The fourth-order valence-electron chi connectivity index (χ4n) is 10.2. The van der Waals surface area contributed by atoms with Crippen molar-refractivity contribution in [3.63, 3.8) is 0 Å². The van der Waals surface area contributed by atoms with Crippen molar-refractivity contribution < 1.29 is 5.11 Å². The van der Waals surface area contributed by atoms with Crippen LogP contribution in [0.4, 0.5) is 0 Å². The first kappa shape index (κ1) is 22.4. The molecule has 4 fully saturated rings. The third kappa shape index (κ3) is 2.80. The lowest BCUT2D eigenvalue weighted by atomic mass is 9.53.